The predicted molar refractivity (Wildman–Crippen MR) is 97.4 cm³/mol. The molecule has 0 spiro atoms. The summed E-state index contributed by atoms with van der Waals surface area (Å²) >= 11 is 0. The molecule has 0 aliphatic carbocycles. The van der Waals surface area contributed by atoms with Crippen LogP contribution in [0.2, 0.25) is 0 Å². The number of ether oxygens (including phenoxy) is 2. The predicted octanol–water partition coefficient (Wildman–Crippen LogP) is 2.20. The second-order valence-electron chi connectivity index (χ2n) is 6.12. The minimum atomic E-state index is -0.357. The van der Waals surface area contributed by atoms with Crippen molar-refractivity contribution in [3.63, 3.8) is 0 Å². The molecule has 3 rings (SSSR count). The van der Waals surface area contributed by atoms with Crippen LogP contribution in [-0.4, -0.2) is 61.5 Å². The van der Waals surface area contributed by atoms with Gasteiger partial charge in [0.15, 0.2) is 6.61 Å². The van der Waals surface area contributed by atoms with Crippen molar-refractivity contribution in [1.29, 1.82) is 0 Å². The molecule has 2 amide bonds. The molecule has 2 aromatic carbocycles. The van der Waals surface area contributed by atoms with Crippen molar-refractivity contribution in [2.75, 3.05) is 39.9 Å². The van der Waals surface area contributed by atoms with Crippen LogP contribution in [0, 0.1) is 5.82 Å². The molecule has 0 aromatic heterocycles. The van der Waals surface area contributed by atoms with E-state index in [0.29, 0.717) is 43.2 Å². The summed E-state index contributed by atoms with van der Waals surface area (Å²) in [6, 6.07) is 12.6. The molecule has 0 unspecified atom stereocenters. The van der Waals surface area contributed by atoms with Crippen molar-refractivity contribution < 1.29 is 23.5 Å². The van der Waals surface area contributed by atoms with E-state index in [0.717, 1.165) is 0 Å². The van der Waals surface area contributed by atoms with Crippen LogP contribution in [0.1, 0.15) is 10.4 Å². The lowest BCUT2D eigenvalue weighted by molar-refractivity contribution is -0.134. The van der Waals surface area contributed by atoms with Gasteiger partial charge in [0.1, 0.15) is 17.3 Å². The molecule has 7 heteroatoms. The number of benzene rings is 2. The van der Waals surface area contributed by atoms with Crippen molar-refractivity contribution in [3.05, 3.63) is 59.9 Å². The number of halogens is 1. The van der Waals surface area contributed by atoms with E-state index in [9.17, 15) is 14.0 Å². The van der Waals surface area contributed by atoms with E-state index in [2.05, 4.69) is 0 Å². The van der Waals surface area contributed by atoms with Gasteiger partial charge < -0.3 is 19.3 Å². The van der Waals surface area contributed by atoms with Gasteiger partial charge >= 0.3 is 0 Å². The number of amides is 2. The van der Waals surface area contributed by atoms with E-state index in [4.69, 9.17) is 9.47 Å². The summed E-state index contributed by atoms with van der Waals surface area (Å²) in [5.74, 6) is 0.346. The van der Waals surface area contributed by atoms with Crippen molar-refractivity contribution >= 4 is 11.8 Å². The summed E-state index contributed by atoms with van der Waals surface area (Å²) in [5, 5.41) is 0. The molecule has 1 aliphatic heterocycles. The zero-order valence-electron chi connectivity index (χ0n) is 15.1. The molecule has 0 saturated carbocycles. The summed E-state index contributed by atoms with van der Waals surface area (Å²) in [4.78, 5) is 28.3. The zero-order chi connectivity index (χ0) is 19.2. The number of nitrogens with zero attached hydrogens (tertiary/aromatic N) is 2. The van der Waals surface area contributed by atoms with E-state index in [-0.39, 0.29) is 24.2 Å². The van der Waals surface area contributed by atoms with E-state index in [1.165, 1.54) is 31.4 Å². The first-order valence-electron chi connectivity index (χ1n) is 8.67. The fourth-order valence-corrected chi connectivity index (χ4v) is 2.92. The molecule has 0 radical (unpaired) electrons. The largest absolute Gasteiger partial charge is 0.496 e. The molecule has 0 atom stereocenters. The Hall–Kier alpha value is -3.09. The molecule has 1 saturated heterocycles. The number of hydrogen-bond acceptors (Lipinski definition) is 4. The first-order chi connectivity index (χ1) is 13.1. The molecule has 1 fully saturated rings. The van der Waals surface area contributed by atoms with Crippen LogP contribution in [0.15, 0.2) is 48.5 Å². The first kappa shape index (κ1) is 18.7. The van der Waals surface area contributed by atoms with Gasteiger partial charge in [-0.3, -0.25) is 9.59 Å². The molecule has 0 N–H and O–H groups in total. The zero-order valence-corrected chi connectivity index (χ0v) is 15.1. The van der Waals surface area contributed by atoms with Crippen LogP contribution in [0.5, 0.6) is 11.5 Å². The number of methoxy groups -OCH3 is 1. The minimum Gasteiger partial charge on any atom is -0.496 e. The van der Waals surface area contributed by atoms with Crippen LogP contribution in [0.3, 0.4) is 0 Å². The molecular weight excluding hydrogens is 351 g/mol. The van der Waals surface area contributed by atoms with E-state index < -0.39 is 0 Å². The number of hydrogen-bond donors (Lipinski definition) is 0. The van der Waals surface area contributed by atoms with Crippen molar-refractivity contribution in [3.8, 4) is 11.5 Å². The summed E-state index contributed by atoms with van der Waals surface area (Å²) in [7, 11) is 1.53. The van der Waals surface area contributed by atoms with E-state index in [1.807, 2.05) is 6.07 Å². The Morgan fingerprint density at radius 2 is 1.59 bits per heavy atom. The van der Waals surface area contributed by atoms with Gasteiger partial charge in [-0.1, -0.05) is 12.1 Å². The Labute approximate surface area is 157 Å². The number of para-hydroxylation sites is 1. The average Bonchev–Trinajstić information content (AvgIpc) is 2.72. The maximum atomic E-state index is 12.9. The molecule has 142 valence electrons. The van der Waals surface area contributed by atoms with Gasteiger partial charge in [-0.2, -0.15) is 0 Å². The van der Waals surface area contributed by atoms with E-state index >= 15 is 0 Å². The second kappa shape index (κ2) is 8.53. The third kappa shape index (κ3) is 4.55. The van der Waals surface area contributed by atoms with Crippen LogP contribution < -0.4 is 9.47 Å². The van der Waals surface area contributed by atoms with Gasteiger partial charge in [0.2, 0.25) is 0 Å². The number of carbonyl (C=O) groups is 2. The molecule has 1 heterocycles. The molecule has 6 nitrogen and oxygen atoms in total. The lowest BCUT2D eigenvalue weighted by Gasteiger charge is -2.35. The van der Waals surface area contributed by atoms with Gasteiger partial charge in [-0.05, 0) is 36.4 Å². The van der Waals surface area contributed by atoms with Crippen LogP contribution in [-0.2, 0) is 4.79 Å². The summed E-state index contributed by atoms with van der Waals surface area (Å²) in [5.41, 5.74) is 0.513. The maximum absolute atomic E-state index is 12.9. The average molecular weight is 372 g/mol. The summed E-state index contributed by atoms with van der Waals surface area (Å²) in [6.07, 6.45) is 0. The SMILES string of the molecule is COc1ccccc1C(=O)N1CCN(C(=O)COc2ccc(F)cc2)CC1. The monoisotopic (exact) mass is 372 g/mol. The Bertz CT molecular complexity index is 802. The molecule has 27 heavy (non-hydrogen) atoms. The molecule has 2 aromatic rings. The fourth-order valence-electron chi connectivity index (χ4n) is 2.92. The summed E-state index contributed by atoms with van der Waals surface area (Å²) < 4.78 is 23.5. The Balaban J connectivity index is 1.51. The Kier molecular flexibility index (Phi) is 5.90. The topological polar surface area (TPSA) is 59.1 Å². The number of carbonyl (C=O) groups excluding carboxylic acids is 2. The maximum Gasteiger partial charge on any atom is 0.260 e. The normalized spacial score (nSPS) is 14.0. The van der Waals surface area contributed by atoms with Crippen LogP contribution in [0.4, 0.5) is 4.39 Å². The van der Waals surface area contributed by atoms with Crippen molar-refractivity contribution in [2.45, 2.75) is 0 Å². The van der Waals surface area contributed by atoms with Gasteiger partial charge in [0, 0.05) is 26.2 Å². The van der Waals surface area contributed by atoms with Gasteiger partial charge in [0.05, 0.1) is 12.7 Å². The smallest absolute Gasteiger partial charge is 0.260 e. The lowest BCUT2D eigenvalue weighted by Crippen LogP contribution is -2.51. The number of piperazine rings is 1. The highest BCUT2D eigenvalue weighted by Gasteiger charge is 2.26. The Morgan fingerprint density at radius 1 is 0.963 bits per heavy atom. The third-order valence-electron chi connectivity index (χ3n) is 4.43. The molecular formula is C20H21FN2O4. The summed E-state index contributed by atoms with van der Waals surface area (Å²) in [6.45, 7) is 1.64. The highest BCUT2D eigenvalue weighted by Crippen LogP contribution is 2.20. The first-order valence-corrected chi connectivity index (χ1v) is 8.67. The lowest BCUT2D eigenvalue weighted by atomic mass is 10.1. The van der Waals surface area contributed by atoms with Crippen molar-refractivity contribution in [2.24, 2.45) is 0 Å². The highest BCUT2D eigenvalue weighted by atomic mass is 19.1. The fraction of sp³-hybridized carbons (Fsp3) is 0.300. The Morgan fingerprint density at radius 3 is 2.26 bits per heavy atom. The van der Waals surface area contributed by atoms with Gasteiger partial charge in [-0.15, -0.1) is 0 Å². The van der Waals surface area contributed by atoms with Crippen molar-refractivity contribution in [1.82, 2.24) is 9.80 Å². The minimum absolute atomic E-state index is 0.109. The second-order valence-corrected chi connectivity index (χ2v) is 6.12. The van der Waals surface area contributed by atoms with Gasteiger partial charge in [0.25, 0.3) is 11.8 Å². The molecule has 0 bridgehead atoms. The number of rotatable bonds is 5. The third-order valence-corrected chi connectivity index (χ3v) is 4.43. The quantitative estimate of drug-likeness (QED) is 0.807. The van der Waals surface area contributed by atoms with Crippen LogP contribution >= 0.6 is 0 Å². The van der Waals surface area contributed by atoms with Gasteiger partial charge in [-0.25, -0.2) is 4.39 Å². The highest BCUT2D eigenvalue weighted by molar-refractivity contribution is 5.97. The van der Waals surface area contributed by atoms with E-state index in [1.54, 1.807) is 28.0 Å². The van der Waals surface area contributed by atoms with Crippen LogP contribution in [0.25, 0.3) is 0 Å². The standard InChI is InChI=1S/C20H21FN2O4/c1-26-18-5-3-2-4-17(18)20(25)23-12-10-22(11-13-23)19(24)14-27-16-8-6-15(21)7-9-16/h2-9H,10-14H2,1H3. The molecule has 1 aliphatic rings.